The second kappa shape index (κ2) is 6.63. The van der Waals surface area contributed by atoms with Crippen LogP contribution in [-0.4, -0.2) is 38.4 Å². The molecule has 0 saturated heterocycles. The van der Waals surface area contributed by atoms with Crippen LogP contribution in [0.2, 0.25) is 0 Å². The summed E-state index contributed by atoms with van der Waals surface area (Å²) in [5.74, 6) is -1.07. The summed E-state index contributed by atoms with van der Waals surface area (Å²) >= 11 is 4.50. The fourth-order valence-electron chi connectivity index (χ4n) is 1.42. The molecule has 7 heteroatoms. The Labute approximate surface area is 115 Å². The fourth-order valence-corrected chi connectivity index (χ4v) is 1.52. The van der Waals surface area contributed by atoms with Gasteiger partial charge in [0.05, 0.1) is 37.7 Å². The van der Waals surface area contributed by atoms with E-state index >= 15 is 0 Å². The van der Waals surface area contributed by atoms with E-state index in [0.717, 1.165) is 0 Å². The van der Waals surface area contributed by atoms with Crippen molar-refractivity contribution in [2.75, 3.05) is 21.3 Å². The van der Waals surface area contributed by atoms with Crippen molar-refractivity contribution in [2.24, 2.45) is 4.99 Å². The minimum absolute atomic E-state index is 0.115. The van der Waals surface area contributed by atoms with Crippen molar-refractivity contribution in [3.63, 3.8) is 0 Å². The van der Waals surface area contributed by atoms with Crippen molar-refractivity contribution in [1.29, 1.82) is 0 Å². The molecule has 100 valence electrons. The standard InChI is InChI=1S/C12H11NO5S/c1-16-10-5-7(11(14)17-2)9(13-6-19)4-8(10)12(15)18-3/h4-5H,1-3H3. The van der Waals surface area contributed by atoms with E-state index in [4.69, 9.17) is 4.74 Å². The molecule has 0 aromatic heterocycles. The number of rotatable bonds is 4. The maximum atomic E-state index is 11.6. The minimum Gasteiger partial charge on any atom is -0.496 e. The van der Waals surface area contributed by atoms with Crippen molar-refractivity contribution in [3.8, 4) is 5.75 Å². The lowest BCUT2D eigenvalue weighted by Gasteiger charge is -2.10. The number of hydrogen-bond donors (Lipinski definition) is 0. The van der Waals surface area contributed by atoms with Crippen LogP contribution in [0.5, 0.6) is 5.75 Å². The fraction of sp³-hybridized carbons (Fsp3) is 0.250. The number of methoxy groups -OCH3 is 3. The Morgan fingerprint density at radius 2 is 1.68 bits per heavy atom. The summed E-state index contributed by atoms with van der Waals surface area (Å²) in [6.07, 6.45) is 0. The highest BCUT2D eigenvalue weighted by Gasteiger charge is 2.20. The van der Waals surface area contributed by atoms with Gasteiger partial charge in [-0.3, -0.25) is 0 Å². The number of ether oxygens (including phenoxy) is 3. The summed E-state index contributed by atoms with van der Waals surface area (Å²) in [6.45, 7) is 0. The molecule has 0 heterocycles. The Hall–Kier alpha value is -2.24. The number of carbonyl (C=O) groups is 2. The Morgan fingerprint density at radius 3 is 2.16 bits per heavy atom. The van der Waals surface area contributed by atoms with Gasteiger partial charge in [-0.15, -0.1) is 0 Å². The maximum absolute atomic E-state index is 11.6. The molecule has 19 heavy (non-hydrogen) atoms. The number of isothiocyanates is 1. The molecular formula is C12H11NO5S. The van der Waals surface area contributed by atoms with Crippen LogP contribution in [0.3, 0.4) is 0 Å². The first kappa shape index (κ1) is 14.8. The van der Waals surface area contributed by atoms with Gasteiger partial charge in [0.2, 0.25) is 0 Å². The zero-order valence-corrected chi connectivity index (χ0v) is 11.4. The van der Waals surface area contributed by atoms with Gasteiger partial charge in [-0.1, -0.05) is 0 Å². The number of nitrogens with zero attached hydrogens (tertiary/aromatic N) is 1. The molecular weight excluding hydrogens is 270 g/mol. The predicted octanol–water partition coefficient (Wildman–Crippen LogP) is 2.00. The Kier molecular flexibility index (Phi) is 5.17. The van der Waals surface area contributed by atoms with E-state index < -0.39 is 11.9 Å². The predicted molar refractivity (Wildman–Crippen MR) is 70.4 cm³/mol. The minimum atomic E-state index is -0.626. The van der Waals surface area contributed by atoms with Crippen LogP contribution in [0.1, 0.15) is 20.7 Å². The molecule has 1 aromatic carbocycles. The molecule has 0 saturated carbocycles. The highest BCUT2D eigenvalue weighted by Crippen LogP contribution is 2.30. The van der Waals surface area contributed by atoms with Gasteiger partial charge in [0.15, 0.2) is 0 Å². The average molecular weight is 281 g/mol. The molecule has 0 N–H and O–H groups in total. The van der Waals surface area contributed by atoms with Crippen molar-refractivity contribution in [1.82, 2.24) is 0 Å². The number of benzene rings is 1. The third-order valence-electron chi connectivity index (χ3n) is 2.29. The first-order chi connectivity index (χ1) is 9.08. The number of carbonyl (C=O) groups excluding carboxylic acids is 2. The second-order valence-electron chi connectivity index (χ2n) is 3.26. The third-order valence-corrected chi connectivity index (χ3v) is 2.39. The summed E-state index contributed by atoms with van der Waals surface area (Å²) in [6, 6.07) is 2.67. The molecule has 0 aliphatic carbocycles. The van der Waals surface area contributed by atoms with Crippen LogP contribution in [0.15, 0.2) is 17.1 Å². The Bertz CT molecular complexity index is 563. The van der Waals surface area contributed by atoms with E-state index in [0.29, 0.717) is 0 Å². The van der Waals surface area contributed by atoms with Crippen LogP contribution in [0.4, 0.5) is 5.69 Å². The largest absolute Gasteiger partial charge is 0.496 e. The molecule has 0 aliphatic heterocycles. The van der Waals surface area contributed by atoms with Gasteiger partial charge in [0, 0.05) is 0 Å². The molecule has 0 unspecified atom stereocenters. The van der Waals surface area contributed by atoms with Gasteiger partial charge >= 0.3 is 11.9 Å². The van der Waals surface area contributed by atoms with Gasteiger partial charge in [-0.05, 0) is 24.4 Å². The summed E-state index contributed by atoms with van der Waals surface area (Å²) in [5.41, 5.74) is 0.397. The van der Waals surface area contributed by atoms with Crippen LogP contribution >= 0.6 is 12.2 Å². The van der Waals surface area contributed by atoms with Gasteiger partial charge in [0.25, 0.3) is 0 Å². The highest BCUT2D eigenvalue weighted by molar-refractivity contribution is 7.78. The molecule has 0 radical (unpaired) electrons. The summed E-state index contributed by atoms with van der Waals surface area (Å²) in [7, 11) is 3.83. The van der Waals surface area contributed by atoms with E-state index in [9.17, 15) is 9.59 Å². The smallest absolute Gasteiger partial charge is 0.341 e. The van der Waals surface area contributed by atoms with Gasteiger partial charge in [0.1, 0.15) is 11.3 Å². The molecule has 1 aromatic rings. The summed E-state index contributed by atoms with van der Waals surface area (Å²) in [4.78, 5) is 26.9. The summed E-state index contributed by atoms with van der Waals surface area (Å²) < 4.78 is 14.3. The van der Waals surface area contributed by atoms with Crippen LogP contribution in [0.25, 0.3) is 0 Å². The summed E-state index contributed by atoms with van der Waals surface area (Å²) in [5, 5.41) is 2.13. The van der Waals surface area contributed by atoms with Crippen LogP contribution < -0.4 is 4.74 Å². The topological polar surface area (TPSA) is 74.2 Å². The molecule has 0 atom stereocenters. The molecule has 0 amide bonds. The van der Waals surface area contributed by atoms with Crippen molar-refractivity contribution < 1.29 is 23.8 Å². The lowest BCUT2D eigenvalue weighted by molar-refractivity contribution is 0.0584. The first-order valence-corrected chi connectivity index (χ1v) is 5.46. The number of thiocarbonyl (C=S) groups is 1. The van der Waals surface area contributed by atoms with E-state index in [1.807, 2.05) is 0 Å². The first-order valence-electron chi connectivity index (χ1n) is 5.05. The molecule has 0 bridgehead atoms. The third kappa shape index (κ3) is 3.15. The Balaban J connectivity index is 3.54. The average Bonchev–Trinajstić information content (AvgIpc) is 2.45. The van der Waals surface area contributed by atoms with Gasteiger partial charge in [-0.2, -0.15) is 4.99 Å². The molecule has 0 fully saturated rings. The van der Waals surface area contributed by atoms with Gasteiger partial charge in [-0.25, -0.2) is 9.59 Å². The zero-order chi connectivity index (χ0) is 14.4. The maximum Gasteiger partial charge on any atom is 0.341 e. The van der Waals surface area contributed by atoms with E-state index in [-0.39, 0.29) is 22.6 Å². The van der Waals surface area contributed by atoms with Crippen LogP contribution in [0, 0.1) is 0 Å². The van der Waals surface area contributed by atoms with Crippen molar-refractivity contribution >= 4 is 35.0 Å². The van der Waals surface area contributed by atoms with Crippen molar-refractivity contribution in [2.45, 2.75) is 0 Å². The van der Waals surface area contributed by atoms with E-state index in [1.54, 1.807) is 0 Å². The van der Waals surface area contributed by atoms with Crippen LogP contribution in [-0.2, 0) is 9.47 Å². The van der Waals surface area contributed by atoms with Crippen molar-refractivity contribution in [3.05, 3.63) is 23.3 Å². The lowest BCUT2D eigenvalue weighted by atomic mass is 10.1. The number of hydrogen-bond acceptors (Lipinski definition) is 7. The van der Waals surface area contributed by atoms with Gasteiger partial charge < -0.3 is 14.2 Å². The molecule has 1 rings (SSSR count). The Morgan fingerprint density at radius 1 is 1.11 bits per heavy atom. The normalized spacial score (nSPS) is 9.21. The quantitative estimate of drug-likeness (QED) is 0.477. The second-order valence-corrected chi connectivity index (χ2v) is 3.44. The molecule has 0 aliphatic rings. The monoisotopic (exact) mass is 281 g/mol. The number of esters is 2. The molecule has 6 nitrogen and oxygen atoms in total. The SMILES string of the molecule is COC(=O)c1cc(OC)c(C(=O)OC)cc1N=C=S. The highest BCUT2D eigenvalue weighted by atomic mass is 32.1. The zero-order valence-electron chi connectivity index (χ0n) is 10.6. The van der Waals surface area contributed by atoms with E-state index in [2.05, 4.69) is 31.8 Å². The molecule has 0 spiro atoms. The van der Waals surface area contributed by atoms with E-state index in [1.165, 1.54) is 33.5 Å². The number of aliphatic imine (C=N–C) groups is 1. The lowest BCUT2D eigenvalue weighted by Crippen LogP contribution is -2.08.